The van der Waals surface area contributed by atoms with E-state index in [1.807, 2.05) is 6.92 Å². The van der Waals surface area contributed by atoms with E-state index in [4.69, 9.17) is 17.3 Å². The minimum Gasteiger partial charge on any atom is -0.360 e. The molecule has 0 spiro atoms. The van der Waals surface area contributed by atoms with Gasteiger partial charge in [0, 0.05) is 6.04 Å². The third-order valence-corrected chi connectivity index (χ3v) is 5.36. The molecule has 0 saturated heterocycles. The molecular formula is C20H28N4S. The van der Waals surface area contributed by atoms with E-state index in [0.29, 0.717) is 11.2 Å². The molecule has 1 aliphatic carbocycles. The number of hydrogen-bond donors (Lipinski definition) is 2. The average molecular weight is 357 g/mol. The van der Waals surface area contributed by atoms with E-state index in [-0.39, 0.29) is 0 Å². The highest BCUT2D eigenvalue weighted by atomic mass is 32.1. The molecule has 134 valence electrons. The summed E-state index contributed by atoms with van der Waals surface area (Å²) in [6.45, 7) is 7.06. The van der Waals surface area contributed by atoms with Gasteiger partial charge in [-0.2, -0.15) is 5.10 Å². The van der Waals surface area contributed by atoms with E-state index in [1.165, 1.54) is 43.2 Å². The van der Waals surface area contributed by atoms with E-state index in [1.54, 1.807) is 0 Å². The maximum atomic E-state index is 5.54. The number of hydrogen-bond acceptors (Lipinski definition) is 2. The van der Waals surface area contributed by atoms with Gasteiger partial charge in [0.15, 0.2) is 5.11 Å². The lowest BCUT2D eigenvalue weighted by atomic mass is 9.96. The molecule has 1 aromatic carbocycles. The van der Waals surface area contributed by atoms with Crippen LogP contribution < -0.4 is 10.6 Å². The maximum Gasteiger partial charge on any atom is 0.171 e. The van der Waals surface area contributed by atoms with Crippen molar-refractivity contribution >= 4 is 23.0 Å². The van der Waals surface area contributed by atoms with Crippen LogP contribution in [0.2, 0.25) is 0 Å². The Morgan fingerprint density at radius 1 is 1.16 bits per heavy atom. The smallest absolute Gasteiger partial charge is 0.171 e. The van der Waals surface area contributed by atoms with Gasteiger partial charge in [-0.25, -0.2) is 0 Å². The number of aryl methyl sites for hydroxylation is 2. The topological polar surface area (TPSA) is 41.9 Å². The molecular weight excluding hydrogens is 328 g/mol. The van der Waals surface area contributed by atoms with E-state index < -0.39 is 0 Å². The van der Waals surface area contributed by atoms with Gasteiger partial charge in [0.2, 0.25) is 0 Å². The minimum atomic E-state index is 0.511. The third kappa shape index (κ3) is 4.40. The number of anilines is 1. The molecule has 2 N–H and O–H groups in total. The molecule has 1 saturated carbocycles. The largest absolute Gasteiger partial charge is 0.360 e. The maximum absolute atomic E-state index is 5.54. The normalized spacial score (nSPS) is 15.2. The van der Waals surface area contributed by atoms with Gasteiger partial charge in [-0.05, 0) is 57.0 Å². The number of nitrogens with zero attached hydrogens (tertiary/aromatic N) is 2. The summed E-state index contributed by atoms with van der Waals surface area (Å²) in [5.74, 6) is 0. The highest BCUT2D eigenvalue weighted by molar-refractivity contribution is 7.80. The van der Waals surface area contributed by atoms with Crippen molar-refractivity contribution in [2.75, 3.05) is 5.32 Å². The van der Waals surface area contributed by atoms with Crippen molar-refractivity contribution in [1.82, 2.24) is 15.1 Å². The Balaban J connectivity index is 1.69. The second kappa shape index (κ2) is 8.00. The lowest BCUT2D eigenvalue weighted by Gasteiger charge is -2.24. The predicted octanol–water partition coefficient (Wildman–Crippen LogP) is 4.48. The fraction of sp³-hybridized carbons (Fsp3) is 0.500. The van der Waals surface area contributed by atoms with Crippen molar-refractivity contribution < 1.29 is 0 Å². The van der Waals surface area contributed by atoms with Crippen LogP contribution in [-0.2, 0) is 6.54 Å². The number of nitrogens with one attached hydrogen (secondary N) is 2. The third-order valence-electron chi connectivity index (χ3n) is 5.14. The van der Waals surface area contributed by atoms with Gasteiger partial charge in [-0.1, -0.05) is 43.5 Å². The number of rotatable bonds is 4. The number of aromatic nitrogens is 2. The van der Waals surface area contributed by atoms with Gasteiger partial charge in [-0.3, -0.25) is 4.68 Å². The summed E-state index contributed by atoms with van der Waals surface area (Å²) in [6, 6.07) is 8.97. The van der Waals surface area contributed by atoms with Crippen molar-refractivity contribution in [2.24, 2.45) is 0 Å². The van der Waals surface area contributed by atoms with E-state index in [0.717, 1.165) is 23.6 Å². The second-order valence-electron chi connectivity index (χ2n) is 7.06. The lowest BCUT2D eigenvalue weighted by molar-refractivity contribution is 0.415. The van der Waals surface area contributed by atoms with Crippen molar-refractivity contribution in [3.8, 4) is 0 Å². The summed E-state index contributed by atoms with van der Waals surface area (Å²) in [4.78, 5) is 0. The van der Waals surface area contributed by atoms with E-state index >= 15 is 0 Å². The Hall–Kier alpha value is -1.88. The zero-order valence-electron chi connectivity index (χ0n) is 15.4. The molecule has 0 aliphatic heterocycles. The summed E-state index contributed by atoms with van der Waals surface area (Å²) in [5.41, 5.74) is 5.72. The Labute approximate surface area is 156 Å². The monoisotopic (exact) mass is 356 g/mol. The Bertz CT molecular complexity index is 744. The molecule has 25 heavy (non-hydrogen) atoms. The average Bonchev–Trinajstić information content (AvgIpc) is 2.85. The first-order valence-electron chi connectivity index (χ1n) is 9.20. The highest BCUT2D eigenvalue weighted by Gasteiger charge is 2.17. The Morgan fingerprint density at radius 2 is 1.88 bits per heavy atom. The molecule has 3 rings (SSSR count). The molecule has 0 unspecified atom stereocenters. The summed E-state index contributed by atoms with van der Waals surface area (Å²) in [7, 11) is 0. The zero-order chi connectivity index (χ0) is 17.8. The van der Waals surface area contributed by atoms with Crippen LogP contribution in [0.5, 0.6) is 0 Å². The van der Waals surface area contributed by atoms with Crippen LogP contribution in [0.25, 0.3) is 0 Å². The summed E-state index contributed by atoms with van der Waals surface area (Å²) < 4.78 is 2.06. The van der Waals surface area contributed by atoms with Crippen LogP contribution in [-0.4, -0.2) is 20.9 Å². The van der Waals surface area contributed by atoms with Crippen molar-refractivity contribution in [3.05, 3.63) is 46.8 Å². The van der Waals surface area contributed by atoms with Crippen LogP contribution in [0, 0.1) is 20.8 Å². The van der Waals surface area contributed by atoms with Gasteiger partial charge in [0.1, 0.15) is 0 Å². The van der Waals surface area contributed by atoms with Crippen molar-refractivity contribution in [2.45, 2.75) is 65.5 Å². The fourth-order valence-corrected chi connectivity index (χ4v) is 3.83. The number of thiocarbonyl (C=S) groups is 1. The molecule has 2 aromatic rings. The van der Waals surface area contributed by atoms with Crippen LogP contribution in [0.3, 0.4) is 0 Å². The Kier molecular flexibility index (Phi) is 5.74. The van der Waals surface area contributed by atoms with Crippen LogP contribution in [0.15, 0.2) is 24.3 Å². The molecule has 0 radical (unpaired) electrons. The van der Waals surface area contributed by atoms with E-state index in [2.05, 4.69) is 53.4 Å². The standard InChI is InChI=1S/C20H28N4S/c1-14-9-7-8-10-17(14)13-24-16(3)19(15(2)23-24)22-20(25)21-18-11-5-4-6-12-18/h7-10,18H,4-6,11-13H2,1-3H3,(H2,21,22,25). The summed E-state index contributed by atoms with van der Waals surface area (Å²) in [5, 5.41) is 12.3. The van der Waals surface area contributed by atoms with E-state index in [9.17, 15) is 0 Å². The minimum absolute atomic E-state index is 0.511. The van der Waals surface area contributed by atoms with Gasteiger partial charge >= 0.3 is 0 Å². The van der Waals surface area contributed by atoms with Crippen molar-refractivity contribution in [3.63, 3.8) is 0 Å². The number of benzene rings is 1. The Morgan fingerprint density at radius 3 is 2.60 bits per heavy atom. The zero-order valence-corrected chi connectivity index (χ0v) is 16.2. The second-order valence-corrected chi connectivity index (χ2v) is 7.47. The molecule has 1 fully saturated rings. The molecule has 5 heteroatoms. The SMILES string of the molecule is Cc1ccccc1Cn1nc(C)c(NC(=S)NC2CCCCC2)c1C. The van der Waals surface area contributed by atoms with Gasteiger partial charge in [0.05, 0.1) is 23.6 Å². The quantitative estimate of drug-likeness (QED) is 0.793. The van der Waals surface area contributed by atoms with Gasteiger partial charge < -0.3 is 10.6 Å². The molecule has 0 amide bonds. The van der Waals surface area contributed by atoms with Crippen molar-refractivity contribution in [1.29, 1.82) is 0 Å². The lowest BCUT2D eigenvalue weighted by Crippen LogP contribution is -2.39. The summed E-state index contributed by atoms with van der Waals surface area (Å²) >= 11 is 5.54. The first kappa shape index (κ1) is 17.9. The molecule has 1 aliphatic rings. The van der Waals surface area contributed by atoms with Gasteiger partial charge in [-0.15, -0.1) is 0 Å². The summed E-state index contributed by atoms with van der Waals surface area (Å²) in [6.07, 6.45) is 6.38. The molecule has 0 atom stereocenters. The van der Waals surface area contributed by atoms with Gasteiger partial charge in [0.25, 0.3) is 0 Å². The first-order chi connectivity index (χ1) is 12.0. The predicted molar refractivity (Wildman–Crippen MR) is 108 cm³/mol. The molecule has 1 heterocycles. The molecule has 0 bridgehead atoms. The van der Waals surface area contributed by atoms with Crippen LogP contribution in [0.1, 0.15) is 54.6 Å². The fourth-order valence-electron chi connectivity index (χ4n) is 3.56. The highest BCUT2D eigenvalue weighted by Crippen LogP contribution is 2.22. The first-order valence-corrected chi connectivity index (χ1v) is 9.61. The van der Waals surface area contributed by atoms with Crippen LogP contribution in [0.4, 0.5) is 5.69 Å². The molecule has 1 aromatic heterocycles. The molecule has 4 nitrogen and oxygen atoms in total. The van der Waals surface area contributed by atoms with Crippen LogP contribution >= 0.6 is 12.2 Å².